The molecule has 1 aromatic heterocycles. The van der Waals surface area contributed by atoms with E-state index in [2.05, 4.69) is 9.72 Å². The number of rotatable bonds is 3. The Morgan fingerprint density at radius 3 is 2.89 bits per heavy atom. The van der Waals surface area contributed by atoms with Crippen LogP contribution in [0.15, 0.2) is 24.4 Å². The number of methoxy groups -OCH3 is 1. The van der Waals surface area contributed by atoms with Gasteiger partial charge in [0.1, 0.15) is 16.3 Å². The van der Waals surface area contributed by atoms with Gasteiger partial charge in [0, 0.05) is 11.1 Å². The lowest BCUT2D eigenvalue weighted by molar-refractivity contribution is 0.0597. The van der Waals surface area contributed by atoms with Gasteiger partial charge in [-0.05, 0) is 18.6 Å². The summed E-state index contributed by atoms with van der Waals surface area (Å²) in [4.78, 5) is 16.9. The molecule has 18 heavy (non-hydrogen) atoms. The monoisotopic (exact) mass is 263 g/mol. The topological polar surface area (TPSA) is 59.4 Å². The number of carbonyl (C=O) groups excluding carboxylic acids is 1. The van der Waals surface area contributed by atoms with Crippen LogP contribution in [0.2, 0.25) is 0 Å². The van der Waals surface area contributed by atoms with Crippen LogP contribution >= 0.6 is 11.3 Å². The van der Waals surface area contributed by atoms with E-state index in [1.165, 1.54) is 24.5 Å². The molecule has 0 unspecified atom stereocenters. The molecular formula is C13H13NO3S. The number of aromatic nitrogens is 1. The van der Waals surface area contributed by atoms with E-state index in [-0.39, 0.29) is 11.3 Å². The molecule has 5 heteroatoms. The highest BCUT2D eigenvalue weighted by atomic mass is 32.1. The summed E-state index contributed by atoms with van der Waals surface area (Å²) in [7, 11) is 1.28. The number of para-hydroxylation sites is 1. The zero-order valence-corrected chi connectivity index (χ0v) is 11.0. The highest BCUT2D eigenvalue weighted by Gasteiger charge is 2.17. The summed E-state index contributed by atoms with van der Waals surface area (Å²) in [5.74, 6) is -0.636. The summed E-state index contributed by atoms with van der Waals surface area (Å²) in [6.07, 6.45) is 2.68. The van der Waals surface area contributed by atoms with Crippen LogP contribution in [-0.4, -0.2) is 23.2 Å². The lowest BCUT2D eigenvalue weighted by atomic mass is 10.1. The van der Waals surface area contributed by atoms with E-state index in [1.807, 2.05) is 6.92 Å². The van der Waals surface area contributed by atoms with Gasteiger partial charge in [-0.2, -0.15) is 0 Å². The standard InChI is InChI=1S/C13H13NO3S/c1-3-8-7-14-12(18-8)9-5-4-6-10(11(9)15)13(16)17-2/h4-7,15H,3H2,1-2H3. The minimum atomic E-state index is -0.554. The normalized spacial score (nSPS) is 10.3. The van der Waals surface area contributed by atoms with Crippen molar-refractivity contribution in [3.8, 4) is 16.3 Å². The zero-order chi connectivity index (χ0) is 13.1. The van der Waals surface area contributed by atoms with Crippen molar-refractivity contribution in [1.82, 2.24) is 4.98 Å². The van der Waals surface area contributed by atoms with E-state index in [0.29, 0.717) is 10.6 Å². The Kier molecular flexibility index (Phi) is 3.62. The van der Waals surface area contributed by atoms with Gasteiger partial charge < -0.3 is 9.84 Å². The van der Waals surface area contributed by atoms with Crippen molar-refractivity contribution in [3.63, 3.8) is 0 Å². The lowest BCUT2D eigenvalue weighted by Crippen LogP contribution is -2.01. The third-order valence-corrected chi connectivity index (χ3v) is 3.75. The Bertz CT molecular complexity index is 577. The van der Waals surface area contributed by atoms with Crippen molar-refractivity contribution in [1.29, 1.82) is 0 Å². The third kappa shape index (κ3) is 2.22. The highest BCUT2D eigenvalue weighted by molar-refractivity contribution is 7.15. The van der Waals surface area contributed by atoms with Crippen molar-refractivity contribution in [2.45, 2.75) is 13.3 Å². The maximum Gasteiger partial charge on any atom is 0.341 e. The summed E-state index contributed by atoms with van der Waals surface area (Å²) in [6, 6.07) is 4.97. The summed E-state index contributed by atoms with van der Waals surface area (Å²) >= 11 is 1.50. The fourth-order valence-electron chi connectivity index (χ4n) is 1.59. The number of thiazole rings is 1. The van der Waals surface area contributed by atoms with Crippen LogP contribution in [-0.2, 0) is 11.2 Å². The van der Waals surface area contributed by atoms with E-state index < -0.39 is 5.97 Å². The quantitative estimate of drug-likeness (QED) is 0.865. The molecule has 0 saturated carbocycles. The average molecular weight is 263 g/mol. The van der Waals surface area contributed by atoms with E-state index in [1.54, 1.807) is 18.3 Å². The van der Waals surface area contributed by atoms with Gasteiger partial charge in [0.15, 0.2) is 0 Å². The molecule has 0 atom stereocenters. The van der Waals surface area contributed by atoms with E-state index >= 15 is 0 Å². The average Bonchev–Trinajstić information content (AvgIpc) is 2.86. The predicted octanol–water partition coefficient (Wildman–Crippen LogP) is 2.86. The maximum atomic E-state index is 11.5. The first-order valence-corrected chi connectivity index (χ1v) is 6.34. The number of aryl methyl sites for hydroxylation is 1. The van der Waals surface area contributed by atoms with Crippen LogP contribution in [0.1, 0.15) is 22.2 Å². The Balaban J connectivity index is 2.48. The summed E-state index contributed by atoms with van der Waals surface area (Å²) in [6.45, 7) is 2.04. The molecule has 4 nitrogen and oxygen atoms in total. The van der Waals surface area contributed by atoms with Crippen LogP contribution in [0, 0.1) is 0 Å². The first kappa shape index (κ1) is 12.6. The summed E-state index contributed by atoms with van der Waals surface area (Å²) in [5, 5.41) is 10.8. The molecule has 0 fully saturated rings. The third-order valence-electron chi connectivity index (χ3n) is 2.57. The van der Waals surface area contributed by atoms with Gasteiger partial charge >= 0.3 is 5.97 Å². The van der Waals surface area contributed by atoms with Crippen molar-refractivity contribution >= 4 is 17.3 Å². The number of esters is 1. The van der Waals surface area contributed by atoms with Gasteiger partial charge in [-0.3, -0.25) is 0 Å². The number of ether oxygens (including phenoxy) is 1. The highest BCUT2D eigenvalue weighted by Crippen LogP contribution is 2.34. The largest absolute Gasteiger partial charge is 0.506 e. The molecule has 0 aliphatic carbocycles. The second-order valence-electron chi connectivity index (χ2n) is 3.68. The second-order valence-corrected chi connectivity index (χ2v) is 4.79. The van der Waals surface area contributed by atoms with Gasteiger partial charge in [-0.15, -0.1) is 11.3 Å². The van der Waals surface area contributed by atoms with Crippen LogP contribution in [0.25, 0.3) is 10.6 Å². The lowest BCUT2D eigenvalue weighted by Gasteiger charge is -2.05. The molecule has 2 rings (SSSR count). The number of phenolic OH excluding ortho intramolecular Hbond substituents is 1. The molecule has 0 spiro atoms. The molecule has 1 N–H and O–H groups in total. The Morgan fingerprint density at radius 1 is 1.50 bits per heavy atom. The molecule has 0 aliphatic heterocycles. The molecule has 0 saturated heterocycles. The fourth-order valence-corrected chi connectivity index (χ4v) is 2.46. The Hall–Kier alpha value is -1.88. The molecule has 0 aliphatic rings. The number of hydrogen-bond donors (Lipinski definition) is 1. The van der Waals surface area contributed by atoms with E-state index in [0.717, 1.165) is 11.3 Å². The predicted molar refractivity (Wildman–Crippen MR) is 69.9 cm³/mol. The van der Waals surface area contributed by atoms with Crippen molar-refractivity contribution < 1.29 is 14.6 Å². The molecule has 1 aromatic carbocycles. The zero-order valence-electron chi connectivity index (χ0n) is 10.1. The first-order valence-electron chi connectivity index (χ1n) is 5.52. The number of aromatic hydroxyl groups is 1. The number of phenols is 1. The minimum absolute atomic E-state index is 0.0821. The van der Waals surface area contributed by atoms with E-state index in [4.69, 9.17) is 0 Å². The first-order chi connectivity index (χ1) is 8.67. The minimum Gasteiger partial charge on any atom is -0.506 e. The fraction of sp³-hybridized carbons (Fsp3) is 0.231. The van der Waals surface area contributed by atoms with Crippen LogP contribution in [0.3, 0.4) is 0 Å². The number of hydrogen-bond acceptors (Lipinski definition) is 5. The van der Waals surface area contributed by atoms with Crippen LogP contribution in [0.4, 0.5) is 0 Å². The van der Waals surface area contributed by atoms with Crippen molar-refractivity contribution in [3.05, 3.63) is 34.8 Å². The van der Waals surface area contributed by atoms with Gasteiger partial charge in [0.2, 0.25) is 0 Å². The smallest absolute Gasteiger partial charge is 0.341 e. The maximum absolute atomic E-state index is 11.5. The van der Waals surface area contributed by atoms with Crippen LogP contribution in [0.5, 0.6) is 5.75 Å². The number of benzene rings is 1. The van der Waals surface area contributed by atoms with Gasteiger partial charge in [0.25, 0.3) is 0 Å². The summed E-state index contributed by atoms with van der Waals surface area (Å²) < 4.78 is 4.62. The van der Waals surface area contributed by atoms with Crippen LogP contribution < -0.4 is 0 Å². The molecule has 0 bridgehead atoms. The number of carbonyl (C=O) groups is 1. The number of nitrogens with zero attached hydrogens (tertiary/aromatic N) is 1. The SMILES string of the molecule is CCc1cnc(-c2cccc(C(=O)OC)c2O)s1. The second kappa shape index (κ2) is 5.18. The molecule has 2 aromatic rings. The van der Waals surface area contributed by atoms with Gasteiger partial charge in [-0.25, -0.2) is 9.78 Å². The molecule has 0 amide bonds. The molecular weight excluding hydrogens is 250 g/mol. The van der Waals surface area contributed by atoms with E-state index in [9.17, 15) is 9.90 Å². The van der Waals surface area contributed by atoms with Gasteiger partial charge in [0.05, 0.1) is 12.7 Å². The molecule has 94 valence electrons. The van der Waals surface area contributed by atoms with Gasteiger partial charge in [-0.1, -0.05) is 13.0 Å². The molecule has 0 radical (unpaired) electrons. The van der Waals surface area contributed by atoms with Crippen molar-refractivity contribution in [2.75, 3.05) is 7.11 Å². The summed E-state index contributed by atoms with van der Waals surface area (Å²) in [5.41, 5.74) is 0.714. The Labute approximate surface area is 109 Å². The molecule has 1 heterocycles. The van der Waals surface area contributed by atoms with Crippen molar-refractivity contribution in [2.24, 2.45) is 0 Å². The Morgan fingerprint density at radius 2 is 2.28 bits per heavy atom.